The number of thioether (sulfide) groups is 1. The topological polar surface area (TPSA) is 79.6 Å². The van der Waals surface area contributed by atoms with Gasteiger partial charge in [-0.2, -0.15) is 5.26 Å². The number of nitrogens with zero attached hydrogens (tertiary/aromatic N) is 2. The van der Waals surface area contributed by atoms with E-state index in [1.165, 1.54) is 12.0 Å². The number of nitriles is 1. The van der Waals surface area contributed by atoms with Crippen LogP contribution in [0.4, 0.5) is 4.79 Å². The van der Waals surface area contributed by atoms with E-state index < -0.39 is 0 Å². The molecule has 1 aliphatic heterocycles. The molecule has 0 radical (unpaired) electrons. The molecule has 31 heavy (non-hydrogen) atoms. The van der Waals surface area contributed by atoms with Crippen molar-refractivity contribution in [2.45, 2.75) is 32.9 Å². The van der Waals surface area contributed by atoms with E-state index in [1.807, 2.05) is 26.0 Å². The van der Waals surface area contributed by atoms with Crippen molar-refractivity contribution in [2.75, 3.05) is 7.11 Å². The number of ether oxygens (including phenoxy) is 2. The summed E-state index contributed by atoms with van der Waals surface area (Å²) < 4.78 is 12.1. The maximum Gasteiger partial charge on any atom is 0.293 e. The summed E-state index contributed by atoms with van der Waals surface area (Å²) >= 11 is 4.44. The van der Waals surface area contributed by atoms with E-state index in [-0.39, 0.29) is 23.8 Å². The van der Waals surface area contributed by atoms with Crippen molar-refractivity contribution in [1.29, 1.82) is 5.26 Å². The second-order valence-corrected chi connectivity index (χ2v) is 8.75. The van der Waals surface area contributed by atoms with Crippen molar-refractivity contribution in [2.24, 2.45) is 0 Å². The zero-order valence-corrected chi connectivity index (χ0v) is 19.7. The molecule has 0 bridgehead atoms. The predicted molar refractivity (Wildman–Crippen MR) is 124 cm³/mol. The number of carbonyl (C=O) groups excluding carboxylic acids is 2. The van der Waals surface area contributed by atoms with Gasteiger partial charge in [0, 0.05) is 11.6 Å². The van der Waals surface area contributed by atoms with E-state index in [0.717, 1.165) is 17.3 Å². The van der Waals surface area contributed by atoms with Gasteiger partial charge < -0.3 is 9.47 Å². The number of imide groups is 1. The van der Waals surface area contributed by atoms with Gasteiger partial charge in [0.2, 0.25) is 0 Å². The molecule has 1 aliphatic rings. The van der Waals surface area contributed by atoms with Crippen LogP contribution in [0.2, 0.25) is 0 Å². The van der Waals surface area contributed by atoms with Gasteiger partial charge in [-0.1, -0.05) is 25.1 Å². The molecule has 1 fully saturated rings. The Morgan fingerprint density at radius 1 is 1.29 bits per heavy atom. The number of carbonyl (C=O) groups is 2. The quantitative estimate of drug-likeness (QED) is 0.450. The molecule has 0 N–H and O–H groups in total. The highest BCUT2D eigenvalue weighted by atomic mass is 79.9. The fourth-order valence-electron chi connectivity index (χ4n) is 3.06. The van der Waals surface area contributed by atoms with E-state index in [9.17, 15) is 14.9 Å². The zero-order valence-electron chi connectivity index (χ0n) is 17.3. The van der Waals surface area contributed by atoms with Gasteiger partial charge in [0.05, 0.1) is 28.1 Å². The third kappa shape index (κ3) is 4.94. The van der Waals surface area contributed by atoms with E-state index in [0.29, 0.717) is 38.4 Å². The minimum Gasteiger partial charge on any atom is -0.493 e. The smallest absolute Gasteiger partial charge is 0.293 e. The van der Waals surface area contributed by atoms with Crippen molar-refractivity contribution in [3.8, 4) is 17.6 Å². The summed E-state index contributed by atoms with van der Waals surface area (Å²) in [6.07, 6.45) is 2.38. The zero-order chi connectivity index (χ0) is 22.5. The minimum atomic E-state index is -0.284. The molecule has 8 heteroatoms. The van der Waals surface area contributed by atoms with Crippen LogP contribution in [-0.4, -0.2) is 29.2 Å². The lowest BCUT2D eigenvalue weighted by Crippen LogP contribution is -2.36. The van der Waals surface area contributed by atoms with Crippen LogP contribution in [0.25, 0.3) is 6.08 Å². The molecule has 0 spiro atoms. The average molecular weight is 501 g/mol. The number of methoxy groups -OCH3 is 1. The van der Waals surface area contributed by atoms with E-state index in [2.05, 4.69) is 22.0 Å². The lowest BCUT2D eigenvalue weighted by Gasteiger charge is -2.19. The number of halogens is 1. The summed E-state index contributed by atoms with van der Waals surface area (Å²) in [5.41, 5.74) is 2.01. The molecule has 1 atom stereocenters. The Kier molecular flexibility index (Phi) is 7.42. The van der Waals surface area contributed by atoms with Crippen molar-refractivity contribution in [3.63, 3.8) is 0 Å². The molecule has 1 heterocycles. The van der Waals surface area contributed by atoms with Gasteiger partial charge in [-0.05, 0) is 70.9 Å². The Hall–Kier alpha value is -2.76. The van der Waals surface area contributed by atoms with Crippen molar-refractivity contribution >= 4 is 44.9 Å². The first-order chi connectivity index (χ1) is 14.9. The first-order valence-electron chi connectivity index (χ1n) is 9.65. The summed E-state index contributed by atoms with van der Waals surface area (Å²) in [5, 5.41) is 8.99. The molecule has 0 aliphatic carbocycles. The van der Waals surface area contributed by atoms with Crippen LogP contribution in [0.3, 0.4) is 0 Å². The molecule has 2 aromatic carbocycles. The fourth-order valence-corrected chi connectivity index (χ4v) is 4.57. The van der Waals surface area contributed by atoms with Crippen LogP contribution in [-0.2, 0) is 11.4 Å². The van der Waals surface area contributed by atoms with Crippen LogP contribution in [0.15, 0.2) is 45.8 Å². The molecule has 0 saturated carbocycles. The van der Waals surface area contributed by atoms with Gasteiger partial charge in [0.1, 0.15) is 6.61 Å². The standard InChI is InChI=1S/C23H21BrN2O4S/c1-4-14(2)26-22(27)20(31-23(26)28)11-15-9-18(24)21(19(10-15)29-3)30-13-17-8-6-5-7-16(17)12-25/h5-11,14H,4,13H2,1-3H3/b20-11+/t14-/m0/s1. The van der Waals surface area contributed by atoms with Gasteiger partial charge in [0.25, 0.3) is 11.1 Å². The van der Waals surface area contributed by atoms with E-state index >= 15 is 0 Å². The van der Waals surface area contributed by atoms with E-state index in [4.69, 9.17) is 9.47 Å². The Balaban J connectivity index is 1.86. The third-order valence-electron chi connectivity index (χ3n) is 4.91. The van der Waals surface area contributed by atoms with Crippen molar-refractivity contribution in [1.82, 2.24) is 4.90 Å². The highest BCUT2D eigenvalue weighted by Gasteiger charge is 2.37. The number of benzene rings is 2. The van der Waals surface area contributed by atoms with Crippen LogP contribution < -0.4 is 9.47 Å². The van der Waals surface area contributed by atoms with Gasteiger partial charge in [-0.15, -0.1) is 0 Å². The number of rotatable bonds is 7. The van der Waals surface area contributed by atoms with Gasteiger partial charge in [-0.3, -0.25) is 14.5 Å². The largest absolute Gasteiger partial charge is 0.493 e. The Morgan fingerprint density at radius 3 is 2.71 bits per heavy atom. The highest BCUT2D eigenvalue weighted by Crippen LogP contribution is 2.40. The number of hydrogen-bond donors (Lipinski definition) is 0. The third-order valence-corrected chi connectivity index (χ3v) is 6.39. The van der Waals surface area contributed by atoms with Gasteiger partial charge >= 0.3 is 0 Å². The summed E-state index contributed by atoms with van der Waals surface area (Å²) in [4.78, 5) is 26.6. The Morgan fingerprint density at radius 2 is 2.03 bits per heavy atom. The second kappa shape index (κ2) is 10.0. The van der Waals surface area contributed by atoms with Crippen LogP contribution in [0.1, 0.15) is 37.0 Å². The Labute approximate surface area is 194 Å². The van der Waals surface area contributed by atoms with Crippen LogP contribution >= 0.6 is 27.7 Å². The summed E-state index contributed by atoms with van der Waals surface area (Å²) in [6.45, 7) is 3.99. The molecule has 0 aromatic heterocycles. The number of amides is 2. The minimum absolute atomic E-state index is 0.147. The monoisotopic (exact) mass is 500 g/mol. The molecular weight excluding hydrogens is 480 g/mol. The highest BCUT2D eigenvalue weighted by molar-refractivity contribution is 9.10. The summed E-state index contributed by atoms with van der Waals surface area (Å²) in [6, 6.07) is 12.8. The lowest BCUT2D eigenvalue weighted by atomic mass is 10.1. The second-order valence-electron chi connectivity index (χ2n) is 6.90. The molecule has 1 saturated heterocycles. The first kappa shape index (κ1) is 22.9. The normalized spacial score (nSPS) is 15.8. The SMILES string of the molecule is CC[C@H](C)N1C(=O)S/C(=C/c2cc(Br)c(OCc3ccccc3C#N)c(OC)c2)C1=O. The van der Waals surface area contributed by atoms with Gasteiger partial charge in [-0.25, -0.2) is 0 Å². The molecule has 6 nitrogen and oxygen atoms in total. The molecule has 0 unspecified atom stereocenters. The summed E-state index contributed by atoms with van der Waals surface area (Å²) in [5.74, 6) is 0.671. The summed E-state index contributed by atoms with van der Waals surface area (Å²) in [7, 11) is 1.53. The molecule has 3 rings (SSSR count). The predicted octanol–water partition coefficient (Wildman–Crippen LogP) is 5.74. The van der Waals surface area contributed by atoms with Crippen LogP contribution in [0.5, 0.6) is 11.5 Å². The van der Waals surface area contributed by atoms with Crippen molar-refractivity contribution in [3.05, 3.63) is 62.5 Å². The average Bonchev–Trinajstić information content (AvgIpc) is 3.04. The fraction of sp³-hybridized carbons (Fsp3) is 0.261. The Bertz CT molecular complexity index is 1090. The molecule has 160 valence electrons. The van der Waals surface area contributed by atoms with E-state index in [1.54, 1.807) is 30.3 Å². The molecular formula is C23H21BrN2O4S. The molecule has 2 aromatic rings. The van der Waals surface area contributed by atoms with Crippen LogP contribution in [0, 0.1) is 11.3 Å². The maximum atomic E-state index is 12.7. The molecule has 2 amide bonds. The lowest BCUT2D eigenvalue weighted by molar-refractivity contribution is -0.124. The number of hydrogen-bond acceptors (Lipinski definition) is 6. The maximum absolute atomic E-state index is 12.7. The van der Waals surface area contributed by atoms with Gasteiger partial charge in [0.15, 0.2) is 11.5 Å². The van der Waals surface area contributed by atoms with Crippen molar-refractivity contribution < 1.29 is 19.1 Å². The first-order valence-corrected chi connectivity index (χ1v) is 11.3.